The van der Waals surface area contributed by atoms with Crippen LogP contribution in [0.15, 0.2) is 29.2 Å². The van der Waals surface area contributed by atoms with E-state index in [1.807, 2.05) is 5.32 Å². The minimum Gasteiger partial charge on any atom is -0.453 e. The summed E-state index contributed by atoms with van der Waals surface area (Å²) in [5.41, 5.74) is 0.247. The van der Waals surface area contributed by atoms with E-state index < -0.39 is 24.1 Å². The van der Waals surface area contributed by atoms with Crippen LogP contribution in [0.5, 0.6) is 0 Å². The second-order valence-corrected chi connectivity index (χ2v) is 5.53. The number of alkyl carbamates (subject to hydrolysis) is 1. The number of Topliss-reactive ketones (excluding diaryl/α,β-unsaturated/α-hetero) is 1. The van der Waals surface area contributed by atoms with E-state index in [2.05, 4.69) is 4.74 Å². The van der Waals surface area contributed by atoms with Crippen LogP contribution in [0.3, 0.4) is 0 Å². The number of nitrogens with one attached hydrogen (secondary N) is 1. The van der Waals surface area contributed by atoms with E-state index >= 15 is 0 Å². The highest BCUT2D eigenvalue weighted by Crippen LogP contribution is 2.23. The lowest BCUT2D eigenvalue weighted by Crippen LogP contribution is -2.39. The number of hydrogen-bond donors (Lipinski definition) is 1. The molecule has 2 amide bonds. The van der Waals surface area contributed by atoms with Gasteiger partial charge in [-0.3, -0.25) is 14.9 Å². The molecule has 0 radical (unpaired) electrons. The van der Waals surface area contributed by atoms with E-state index in [-0.39, 0.29) is 17.1 Å². The van der Waals surface area contributed by atoms with Crippen molar-refractivity contribution in [2.45, 2.75) is 24.8 Å². The van der Waals surface area contributed by atoms with Gasteiger partial charge in [-0.25, -0.2) is 9.59 Å². The van der Waals surface area contributed by atoms with Gasteiger partial charge in [0.2, 0.25) is 0 Å². The van der Waals surface area contributed by atoms with Crippen molar-refractivity contribution < 1.29 is 28.7 Å². The Labute approximate surface area is 137 Å². The van der Waals surface area contributed by atoms with E-state index in [1.165, 1.54) is 31.7 Å². The zero-order valence-electron chi connectivity index (χ0n) is 13.0. The maximum Gasteiger partial charge on any atom is 0.413 e. The molecule has 0 spiro atoms. The lowest BCUT2D eigenvalue weighted by Gasteiger charge is -2.14. The van der Waals surface area contributed by atoms with Gasteiger partial charge in [0, 0.05) is 4.90 Å². The molecule has 0 unspecified atom stereocenters. The number of benzene rings is 1. The second-order valence-electron chi connectivity index (χ2n) is 4.52. The first-order valence-electron chi connectivity index (χ1n) is 6.66. The van der Waals surface area contributed by atoms with Gasteiger partial charge in [0.15, 0.2) is 6.10 Å². The van der Waals surface area contributed by atoms with Gasteiger partial charge in [-0.05, 0) is 26.0 Å². The van der Waals surface area contributed by atoms with Crippen molar-refractivity contribution in [3.05, 3.63) is 29.8 Å². The van der Waals surface area contributed by atoms with Gasteiger partial charge in [0.1, 0.15) is 5.78 Å². The molecule has 1 aromatic rings. The minimum atomic E-state index is -1.17. The Kier molecular flexibility index (Phi) is 7.27. The normalized spacial score (nSPS) is 11.3. The molecule has 0 aromatic heterocycles. The monoisotopic (exact) mass is 339 g/mol. The average molecular weight is 339 g/mol. The van der Waals surface area contributed by atoms with Crippen LogP contribution in [0.25, 0.3) is 0 Å². The zero-order valence-corrected chi connectivity index (χ0v) is 13.8. The fourth-order valence-corrected chi connectivity index (χ4v) is 2.31. The average Bonchev–Trinajstić information content (AvgIpc) is 2.52. The predicted octanol–water partition coefficient (Wildman–Crippen LogP) is 1.80. The maximum absolute atomic E-state index is 12.2. The number of carbonyl (C=O) groups excluding carboxylic acids is 4. The summed E-state index contributed by atoms with van der Waals surface area (Å²) in [5.74, 6) is -1.31. The number of amides is 2. The smallest absolute Gasteiger partial charge is 0.413 e. The molecule has 0 aliphatic carbocycles. The number of methoxy groups -OCH3 is 1. The fourth-order valence-electron chi connectivity index (χ4n) is 1.47. The quantitative estimate of drug-likeness (QED) is 0.623. The summed E-state index contributed by atoms with van der Waals surface area (Å²) in [7, 11) is 1.11. The number of rotatable bonds is 6. The molecule has 0 heterocycles. The standard InChI is InChI=1S/C15H17NO6S/c1-9(17)8-23-12-7-5-4-6-11(12)14(19)22-10(2)13(18)16-15(20)21-3/h4-7,10H,8H2,1-3H3,(H,16,18,20)/t10-/m1/s1. The predicted molar refractivity (Wildman–Crippen MR) is 83.3 cm³/mol. The topological polar surface area (TPSA) is 98.8 Å². The van der Waals surface area contributed by atoms with Crippen LogP contribution in [-0.4, -0.2) is 42.7 Å². The van der Waals surface area contributed by atoms with Crippen molar-refractivity contribution in [2.75, 3.05) is 12.9 Å². The number of ketones is 1. The zero-order chi connectivity index (χ0) is 17.4. The largest absolute Gasteiger partial charge is 0.453 e. The molecule has 0 saturated heterocycles. The highest BCUT2D eigenvalue weighted by atomic mass is 32.2. The van der Waals surface area contributed by atoms with Crippen molar-refractivity contribution >= 4 is 35.5 Å². The summed E-state index contributed by atoms with van der Waals surface area (Å²) in [6.45, 7) is 2.79. The summed E-state index contributed by atoms with van der Waals surface area (Å²) < 4.78 is 9.32. The Morgan fingerprint density at radius 1 is 1.22 bits per heavy atom. The SMILES string of the molecule is COC(=O)NC(=O)[C@@H](C)OC(=O)c1ccccc1SCC(C)=O. The van der Waals surface area contributed by atoms with Gasteiger partial charge >= 0.3 is 12.1 Å². The molecular formula is C15H17NO6S. The number of hydrogen-bond acceptors (Lipinski definition) is 7. The molecule has 1 aromatic carbocycles. The van der Waals surface area contributed by atoms with Crippen LogP contribution < -0.4 is 5.32 Å². The summed E-state index contributed by atoms with van der Waals surface area (Å²) in [4.78, 5) is 46.4. The number of ether oxygens (including phenoxy) is 2. The third kappa shape index (κ3) is 6.11. The molecule has 1 atom stereocenters. The molecule has 23 heavy (non-hydrogen) atoms. The third-order valence-corrected chi connectivity index (χ3v) is 3.82. The Morgan fingerprint density at radius 3 is 2.48 bits per heavy atom. The van der Waals surface area contributed by atoms with Gasteiger partial charge in [-0.1, -0.05) is 12.1 Å². The van der Waals surface area contributed by atoms with E-state index in [4.69, 9.17) is 4.74 Å². The highest BCUT2D eigenvalue weighted by Gasteiger charge is 2.22. The van der Waals surface area contributed by atoms with Gasteiger partial charge in [0.05, 0.1) is 18.4 Å². The van der Waals surface area contributed by atoms with Gasteiger partial charge in [0.25, 0.3) is 5.91 Å². The van der Waals surface area contributed by atoms with Crippen LogP contribution in [0, 0.1) is 0 Å². The number of thioether (sulfide) groups is 1. The Hall–Kier alpha value is -2.35. The van der Waals surface area contributed by atoms with Crippen molar-refractivity contribution in [3.8, 4) is 0 Å². The third-order valence-electron chi connectivity index (χ3n) is 2.60. The number of esters is 1. The Morgan fingerprint density at radius 2 is 1.87 bits per heavy atom. The lowest BCUT2D eigenvalue weighted by atomic mass is 10.2. The van der Waals surface area contributed by atoms with E-state index in [9.17, 15) is 19.2 Å². The Balaban J connectivity index is 2.75. The van der Waals surface area contributed by atoms with Crippen LogP contribution in [0.2, 0.25) is 0 Å². The highest BCUT2D eigenvalue weighted by molar-refractivity contribution is 8.00. The molecule has 1 rings (SSSR count). The van der Waals surface area contributed by atoms with Crippen LogP contribution in [0.4, 0.5) is 4.79 Å². The van der Waals surface area contributed by atoms with Crippen LogP contribution in [-0.2, 0) is 19.1 Å². The first kappa shape index (κ1) is 18.7. The first-order valence-corrected chi connectivity index (χ1v) is 7.64. The van der Waals surface area contributed by atoms with Gasteiger partial charge in [-0.15, -0.1) is 11.8 Å². The lowest BCUT2D eigenvalue weighted by molar-refractivity contribution is -0.128. The summed E-state index contributed by atoms with van der Waals surface area (Å²) >= 11 is 1.21. The van der Waals surface area contributed by atoms with Gasteiger partial charge < -0.3 is 9.47 Å². The van der Waals surface area contributed by atoms with E-state index in [1.54, 1.807) is 18.2 Å². The molecular weight excluding hydrogens is 322 g/mol. The van der Waals surface area contributed by atoms with Crippen molar-refractivity contribution in [2.24, 2.45) is 0 Å². The number of imide groups is 1. The van der Waals surface area contributed by atoms with Crippen LogP contribution >= 0.6 is 11.8 Å². The van der Waals surface area contributed by atoms with E-state index in [0.717, 1.165) is 7.11 Å². The van der Waals surface area contributed by atoms with Gasteiger partial charge in [-0.2, -0.15) is 0 Å². The summed E-state index contributed by atoms with van der Waals surface area (Å²) in [5, 5.41) is 1.91. The first-order chi connectivity index (χ1) is 10.8. The molecule has 124 valence electrons. The molecule has 0 fully saturated rings. The Bertz CT molecular complexity index is 616. The van der Waals surface area contributed by atoms with Crippen molar-refractivity contribution in [3.63, 3.8) is 0 Å². The second kappa shape index (κ2) is 8.94. The minimum absolute atomic E-state index is 0.0241. The maximum atomic E-state index is 12.2. The fraction of sp³-hybridized carbons (Fsp3) is 0.333. The van der Waals surface area contributed by atoms with Crippen LogP contribution in [0.1, 0.15) is 24.2 Å². The van der Waals surface area contributed by atoms with Crippen molar-refractivity contribution in [1.29, 1.82) is 0 Å². The molecule has 7 nitrogen and oxygen atoms in total. The molecule has 0 aliphatic rings. The molecule has 0 bridgehead atoms. The molecule has 8 heteroatoms. The summed E-state index contributed by atoms with van der Waals surface area (Å²) in [6, 6.07) is 6.60. The van der Waals surface area contributed by atoms with E-state index in [0.29, 0.717) is 4.90 Å². The van der Waals surface area contributed by atoms with Crippen molar-refractivity contribution in [1.82, 2.24) is 5.32 Å². The molecule has 0 aliphatic heterocycles. The number of carbonyl (C=O) groups is 4. The summed E-state index contributed by atoms with van der Waals surface area (Å²) in [6.07, 6.45) is -2.11. The molecule has 1 N–H and O–H groups in total. The molecule has 0 saturated carbocycles.